The normalized spacial score (nSPS) is 24.0. The summed E-state index contributed by atoms with van der Waals surface area (Å²) in [5.41, 5.74) is 0. The molecular formula is C12H15NO2S. The van der Waals surface area contributed by atoms with E-state index in [0.29, 0.717) is 6.04 Å². The summed E-state index contributed by atoms with van der Waals surface area (Å²) < 4.78 is 0. The summed E-state index contributed by atoms with van der Waals surface area (Å²) in [5.74, 6) is -0.00779. The number of thiophene rings is 1. The summed E-state index contributed by atoms with van der Waals surface area (Å²) in [6.45, 7) is 1.46. The molecule has 0 spiro atoms. The highest BCUT2D eigenvalue weighted by molar-refractivity contribution is 7.10. The third-order valence-electron chi connectivity index (χ3n) is 3.56. The topological polar surface area (TPSA) is 40.5 Å². The molecule has 0 bridgehead atoms. The van der Waals surface area contributed by atoms with Crippen LogP contribution in [-0.4, -0.2) is 29.1 Å². The van der Waals surface area contributed by atoms with Gasteiger partial charge in [0.15, 0.2) is 0 Å². The largest absolute Gasteiger partial charge is 0.481 e. The number of likely N-dealkylation sites (tertiary alicyclic amines) is 1. The molecule has 0 radical (unpaired) electrons. The average molecular weight is 237 g/mol. The second-order valence-electron chi connectivity index (χ2n) is 4.79. The van der Waals surface area contributed by atoms with Gasteiger partial charge in [-0.3, -0.25) is 9.69 Å². The first-order valence-electron chi connectivity index (χ1n) is 5.76. The molecule has 1 atom stereocenters. The number of nitrogens with zero attached hydrogens (tertiary/aromatic N) is 1. The summed E-state index contributed by atoms with van der Waals surface area (Å²) in [4.78, 5) is 14.5. The standard InChI is InChI=1S/C12H15NO2S/c14-12(15)9-6-13(7-9)11(8-3-4-8)10-2-1-5-16-10/h1-2,5,8-9,11H,3-4,6-7H2,(H,14,15). The van der Waals surface area contributed by atoms with E-state index in [2.05, 4.69) is 22.4 Å². The molecule has 3 rings (SSSR count). The lowest BCUT2D eigenvalue weighted by Gasteiger charge is -2.42. The Morgan fingerprint density at radius 3 is 2.75 bits per heavy atom. The zero-order chi connectivity index (χ0) is 11.1. The number of rotatable bonds is 4. The van der Waals surface area contributed by atoms with Crippen LogP contribution in [0.2, 0.25) is 0 Å². The minimum atomic E-state index is -0.642. The van der Waals surface area contributed by atoms with Crippen molar-refractivity contribution in [2.45, 2.75) is 18.9 Å². The van der Waals surface area contributed by atoms with Gasteiger partial charge in [-0.25, -0.2) is 0 Å². The maximum absolute atomic E-state index is 10.8. The Morgan fingerprint density at radius 2 is 2.25 bits per heavy atom. The smallest absolute Gasteiger partial charge is 0.309 e. The monoisotopic (exact) mass is 237 g/mol. The second kappa shape index (κ2) is 3.86. The van der Waals surface area contributed by atoms with Crippen LogP contribution in [-0.2, 0) is 4.79 Å². The van der Waals surface area contributed by atoms with Crippen molar-refractivity contribution in [3.05, 3.63) is 22.4 Å². The summed E-state index contributed by atoms with van der Waals surface area (Å²) in [6.07, 6.45) is 2.60. The fraction of sp³-hybridized carbons (Fsp3) is 0.583. The SMILES string of the molecule is O=C(O)C1CN(C(c2cccs2)C2CC2)C1. The van der Waals surface area contributed by atoms with Gasteiger partial charge in [0.25, 0.3) is 0 Å². The fourth-order valence-electron chi connectivity index (χ4n) is 2.48. The number of hydrogen-bond acceptors (Lipinski definition) is 3. The van der Waals surface area contributed by atoms with Crippen molar-refractivity contribution in [2.24, 2.45) is 11.8 Å². The Bertz CT molecular complexity index is 380. The predicted octanol–water partition coefficient (Wildman–Crippen LogP) is 2.22. The highest BCUT2D eigenvalue weighted by Gasteiger charge is 2.43. The maximum Gasteiger partial charge on any atom is 0.309 e. The highest BCUT2D eigenvalue weighted by atomic mass is 32.1. The predicted molar refractivity (Wildman–Crippen MR) is 62.5 cm³/mol. The van der Waals surface area contributed by atoms with Crippen LogP contribution in [0.5, 0.6) is 0 Å². The van der Waals surface area contributed by atoms with Crippen LogP contribution >= 0.6 is 11.3 Å². The van der Waals surface area contributed by atoms with Gasteiger partial charge in [-0.05, 0) is 30.2 Å². The van der Waals surface area contributed by atoms with Gasteiger partial charge in [0, 0.05) is 24.0 Å². The molecule has 3 nitrogen and oxygen atoms in total. The molecule has 1 aliphatic heterocycles. The van der Waals surface area contributed by atoms with E-state index < -0.39 is 5.97 Å². The minimum Gasteiger partial charge on any atom is -0.481 e. The third kappa shape index (κ3) is 1.76. The average Bonchev–Trinajstić information content (AvgIpc) is 2.85. The Kier molecular flexibility index (Phi) is 2.48. The summed E-state index contributed by atoms with van der Waals surface area (Å²) >= 11 is 1.80. The second-order valence-corrected chi connectivity index (χ2v) is 5.77. The molecule has 2 fully saturated rings. The van der Waals surface area contributed by atoms with Crippen molar-refractivity contribution in [3.63, 3.8) is 0 Å². The highest BCUT2D eigenvalue weighted by Crippen LogP contribution is 2.47. The zero-order valence-electron chi connectivity index (χ0n) is 9.00. The van der Waals surface area contributed by atoms with E-state index in [1.807, 2.05) is 0 Å². The lowest BCUT2D eigenvalue weighted by atomic mass is 9.95. The van der Waals surface area contributed by atoms with E-state index in [-0.39, 0.29) is 5.92 Å². The van der Waals surface area contributed by atoms with Crippen LogP contribution in [0.4, 0.5) is 0 Å². The Balaban J connectivity index is 1.70. The van der Waals surface area contributed by atoms with E-state index >= 15 is 0 Å². The van der Waals surface area contributed by atoms with Gasteiger partial charge in [-0.15, -0.1) is 11.3 Å². The third-order valence-corrected chi connectivity index (χ3v) is 4.50. The van der Waals surface area contributed by atoms with Gasteiger partial charge in [0.2, 0.25) is 0 Å². The van der Waals surface area contributed by atoms with Crippen molar-refractivity contribution in [1.29, 1.82) is 0 Å². The molecule has 2 aliphatic rings. The maximum atomic E-state index is 10.8. The van der Waals surface area contributed by atoms with Crippen LogP contribution in [0.1, 0.15) is 23.8 Å². The number of hydrogen-bond donors (Lipinski definition) is 1. The first-order chi connectivity index (χ1) is 7.75. The molecule has 2 heterocycles. The molecule has 1 aliphatic carbocycles. The van der Waals surface area contributed by atoms with Gasteiger partial charge in [-0.1, -0.05) is 6.07 Å². The number of aliphatic carboxylic acids is 1. The molecular weight excluding hydrogens is 222 g/mol. The van der Waals surface area contributed by atoms with Crippen LogP contribution in [0.15, 0.2) is 17.5 Å². The molecule has 1 saturated carbocycles. The van der Waals surface area contributed by atoms with Crippen LogP contribution in [0.25, 0.3) is 0 Å². The van der Waals surface area contributed by atoms with Gasteiger partial charge in [0.1, 0.15) is 0 Å². The summed E-state index contributed by atoms with van der Waals surface area (Å²) in [5, 5.41) is 11.0. The fourth-order valence-corrected chi connectivity index (χ4v) is 3.43. The molecule has 1 unspecified atom stereocenters. The van der Waals surface area contributed by atoms with Crippen LogP contribution < -0.4 is 0 Å². The van der Waals surface area contributed by atoms with E-state index in [0.717, 1.165) is 19.0 Å². The molecule has 16 heavy (non-hydrogen) atoms. The molecule has 1 aromatic heterocycles. The first kappa shape index (κ1) is 10.3. The molecule has 4 heteroatoms. The summed E-state index contributed by atoms with van der Waals surface area (Å²) in [6, 6.07) is 4.77. The van der Waals surface area contributed by atoms with Gasteiger partial charge in [0.05, 0.1) is 5.92 Å². The quantitative estimate of drug-likeness (QED) is 0.873. The number of carboxylic acid groups (broad SMARTS) is 1. The van der Waals surface area contributed by atoms with Crippen molar-refractivity contribution in [3.8, 4) is 0 Å². The number of carbonyl (C=O) groups is 1. The summed E-state index contributed by atoms with van der Waals surface area (Å²) in [7, 11) is 0. The van der Waals surface area contributed by atoms with Crippen molar-refractivity contribution in [2.75, 3.05) is 13.1 Å². The molecule has 0 amide bonds. The van der Waals surface area contributed by atoms with E-state index in [1.165, 1.54) is 17.7 Å². The minimum absolute atomic E-state index is 0.138. The Labute approximate surface area is 98.7 Å². The molecule has 0 aromatic carbocycles. The van der Waals surface area contributed by atoms with Gasteiger partial charge in [-0.2, -0.15) is 0 Å². The zero-order valence-corrected chi connectivity index (χ0v) is 9.82. The lowest BCUT2D eigenvalue weighted by Crippen LogP contribution is -2.52. The Morgan fingerprint density at radius 1 is 1.50 bits per heavy atom. The van der Waals surface area contributed by atoms with Crippen molar-refractivity contribution in [1.82, 2.24) is 4.90 Å². The van der Waals surface area contributed by atoms with Crippen molar-refractivity contribution < 1.29 is 9.90 Å². The first-order valence-corrected chi connectivity index (χ1v) is 6.64. The molecule has 1 N–H and O–H groups in total. The number of carboxylic acids is 1. The van der Waals surface area contributed by atoms with E-state index in [4.69, 9.17) is 5.11 Å². The molecule has 86 valence electrons. The van der Waals surface area contributed by atoms with Gasteiger partial charge < -0.3 is 5.11 Å². The van der Waals surface area contributed by atoms with Crippen LogP contribution in [0.3, 0.4) is 0 Å². The van der Waals surface area contributed by atoms with Gasteiger partial charge >= 0.3 is 5.97 Å². The Hall–Kier alpha value is -0.870. The van der Waals surface area contributed by atoms with E-state index in [9.17, 15) is 4.79 Å². The van der Waals surface area contributed by atoms with Crippen LogP contribution in [0, 0.1) is 11.8 Å². The van der Waals surface area contributed by atoms with Crippen molar-refractivity contribution >= 4 is 17.3 Å². The lowest BCUT2D eigenvalue weighted by molar-refractivity contribution is -0.149. The van der Waals surface area contributed by atoms with E-state index in [1.54, 1.807) is 11.3 Å². The molecule has 1 saturated heterocycles. The molecule has 1 aromatic rings.